The van der Waals surface area contributed by atoms with E-state index >= 15 is 0 Å². The molecule has 0 unspecified atom stereocenters. The molecule has 10 heteroatoms. The van der Waals surface area contributed by atoms with Crippen LogP contribution in [0.2, 0.25) is 0 Å². The summed E-state index contributed by atoms with van der Waals surface area (Å²) in [5.74, 6) is -1.43. The van der Waals surface area contributed by atoms with Crippen molar-refractivity contribution in [1.82, 2.24) is 21.1 Å². The Morgan fingerprint density at radius 3 is 2.11 bits per heavy atom. The number of aromatic nitrogens is 1. The maximum atomic E-state index is 12.5. The molecule has 0 aliphatic carbocycles. The first-order valence-electron chi connectivity index (χ1n) is 11.0. The van der Waals surface area contributed by atoms with E-state index in [0.29, 0.717) is 17.8 Å². The molecule has 35 heavy (non-hydrogen) atoms. The van der Waals surface area contributed by atoms with Crippen LogP contribution in [0.15, 0.2) is 73.1 Å². The van der Waals surface area contributed by atoms with E-state index in [-0.39, 0.29) is 12.5 Å². The SMILES string of the molecule is C[C@@H](N)[C@H](NC(=O)c1ccc(-c2ccc(NC(=O)CNCc3ccncc3)cc2)cc1)C(=O)NO. The summed E-state index contributed by atoms with van der Waals surface area (Å²) in [6.07, 6.45) is 3.41. The molecule has 2 aromatic carbocycles. The number of nitrogens with one attached hydrogen (secondary N) is 4. The summed E-state index contributed by atoms with van der Waals surface area (Å²) in [5.41, 5.74) is 11.0. The summed E-state index contributed by atoms with van der Waals surface area (Å²) in [4.78, 5) is 40.3. The predicted octanol–water partition coefficient (Wildman–Crippen LogP) is 1.43. The molecule has 0 bridgehead atoms. The average Bonchev–Trinajstić information content (AvgIpc) is 2.87. The first kappa shape index (κ1) is 25.5. The first-order valence-corrected chi connectivity index (χ1v) is 11.0. The largest absolute Gasteiger partial charge is 0.339 e. The molecule has 0 saturated carbocycles. The number of benzene rings is 2. The lowest BCUT2D eigenvalue weighted by Gasteiger charge is -2.20. The van der Waals surface area contributed by atoms with Gasteiger partial charge in [-0.2, -0.15) is 0 Å². The van der Waals surface area contributed by atoms with Crippen molar-refractivity contribution in [1.29, 1.82) is 0 Å². The molecule has 0 fully saturated rings. The maximum Gasteiger partial charge on any atom is 0.267 e. The Kier molecular flexibility index (Phi) is 9.02. The van der Waals surface area contributed by atoms with E-state index in [4.69, 9.17) is 10.9 Å². The number of nitrogens with zero attached hydrogens (tertiary/aromatic N) is 1. The Bertz CT molecular complexity index is 1130. The highest BCUT2D eigenvalue weighted by atomic mass is 16.5. The van der Waals surface area contributed by atoms with Crippen molar-refractivity contribution in [2.24, 2.45) is 5.73 Å². The molecule has 0 spiro atoms. The zero-order valence-corrected chi connectivity index (χ0v) is 19.2. The Morgan fingerprint density at radius 2 is 1.54 bits per heavy atom. The van der Waals surface area contributed by atoms with Crippen LogP contribution in [0.3, 0.4) is 0 Å². The summed E-state index contributed by atoms with van der Waals surface area (Å²) in [6, 6.07) is 16.2. The van der Waals surface area contributed by atoms with Crippen molar-refractivity contribution in [3.8, 4) is 11.1 Å². The highest BCUT2D eigenvalue weighted by molar-refractivity contribution is 5.98. The molecule has 182 valence electrons. The zero-order valence-electron chi connectivity index (χ0n) is 19.2. The number of hydrogen-bond donors (Lipinski definition) is 6. The van der Waals surface area contributed by atoms with E-state index in [1.807, 2.05) is 24.3 Å². The van der Waals surface area contributed by atoms with Crippen LogP contribution in [0.5, 0.6) is 0 Å². The Labute approximate surface area is 202 Å². The summed E-state index contributed by atoms with van der Waals surface area (Å²) in [6.45, 7) is 2.30. The third kappa shape index (κ3) is 7.44. The van der Waals surface area contributed by atoms with Gasteiger partial charge in [-0.25, -0.2) is 5.48 Å². The van der Waals surface area contributed by atoms with Crippen LogP contribution in [0, 0.1) is 0 Å². The van der Waals surface area contributed by atoms with Crippen LogP contribution >= 0.6 is 0 Å². The normalized spacial score (nSPS) is 12.3. The number of hydrogen-bond acceptors (Lipinski definition) is 7. The average molecular weight is 477 g/mol. The monoisotopic (exact) mass is 476 g/mol. The number of carbonyl (C=O) groups excluding carboxylic acids is 3. The molecule has 3 amide bonds. The topological polar surface area (TPSA) is 158 Å². The summed E-state index contributed by atoms with van der Waals surface area (Å²) < 4.78 is 0. The van der Waals surface area contributed by atoms with Crippen molar-refractivity contribution < 1.29 is 19.6 Å². The van der Waals surface area contributed by atoms with Crippen molar-refractivity contribution in [3.05, 3.63) is 84.2 Å². The van der Waals surface area contributed by atoms with Gasteiger partial charge in [0.15, 0.2) is 0 Å². The van der Waals surface area contributed by atoms with Gasteiger partial charge in [-0.05, 0) is 60.0 Å². The molecule has 3 rings (SSSR count). The number of pyridine rings is 1. The Balaban J connectivity index is 1.53. The number of rotatable bonds is 10. The fourth-order valence-corrected chi connectivity index (χ4v) is 3.32. The van der Waals surface area contributed by atoms with Gasteiger partial charge in [-0.15, -0.1) is 0 Å². The second-order valence-corrected chi connectivity index (χ2v) is 7.95. The van der Waals surface area contributed by atoms with Crippen LogP contribution in [0.4, 0.5) is 5.69 Å². The van der Waals surface area contributed by atoms with Gasteiger partial charge in [0.2, 0.25) is 5.91 Å². The molecular formula is C25H28N6O4. The molecule has 0 aliphatic rings. The minimum Gasteiger partial charge on any atom is -0.339 e. The molecule has 10 nitrogen and oxygen atoms in total. The van der Waals surface area contributed by atoms with Gasteiger partial charge < -0.3 is 21.7 Å². The van der Waals surface area contributed by atoms with Gasteiger partial charge in [0.25, 0.3) is 11.8 Å². The molecule has 3 aromatic rings. The van der Waals surface area contributed by atoms with Gasteiger partial charge in [0, 0.05) is 36.2 Å². The number of amides is 3. The summed E-state index contributed by atoms with van der Waals surface area (Å²) in [5, 5.41) is 17.3. The van der Waals surface area contributed by atoms with Gasteiger partial charge in [-0.3, -0.25) is 24.6 Å². The van der Waals surface area contributed by atoms with Crippen LogP contribution in [0.1, 0.15) is 22.8 Å². The van der Waals surface area contributed by atoms with E-state index in [2.05, 4.69) is 20.9 Å². The first-order chi connectivity index (χ1) is 16.9. The molecule has 1 heterocycles. The van der Waals surface area contributed by atoms with E-state index in [0.717, 1.165) is 16.7 Å². The number of nitrogens with two attached hydrogens (primary N) is 1. The molecule has 0 saturated heterocycles. The van der Waals surface area contributed by atoms with Crippen LogP contribution in [0.25, 0.3) is 11.1 Å². The second kappa shape index (κ2) is 12.4. The molecule has 0 radical (unpaired) electrons. The van der Waals surface area contributed by atoms with Crippen molar-refractivity contribution >= 4 is 23.4 Å². The van der Waals surface area contributed by atoms with Gasteiger partial charge >= 0.3 is 0 Å². The van der Waals surface area contributed by atoms with E-state index in [1.165, 1.54) is 5.48 Å². The maximum absolute atomic E-state index is 12.5. The minimum atomic E-state index is -1.07. The van der Waals surface area contributed by atoms with Crippen LogP contribution in [-0.4, -0.2) is 46.5 Å². The third-order valence-corrected chi connectivity index (χ3v) is 5.22. The number of carbonyl (C=O) groups is 3. The van der Waals surface area contributed by atoms with Gasteiger partial charge in [0.1, 0.15) is 6.04 Å². The Hall–Kier alpha value is -4.12. The lowest BCUT2D eigenvalue weighted by molar-refractivity contribution is -0.131. The lowest BCUT2D eigenvalue weighted by Crippen LogP contribution is -2.54. The van der Waals surface area contributed by atoms with Gasteiger partial charge in [-0.1, -0.05) is 24.3 Å². The lowest BCUT2D eigenvalue weighted by atomic mass is 10.0. The highest BCUT2D eigenvalue weighted by Gasteiger charge is 2.24. The van der Waals surface area contributed by atoms with Crippen molar-refractivity contribution in [2.75, 3.05) is 11.9 Å². The third-order valence-electron chi connectivity index (χ3n) is 5.22. The number of hydroxylamine groups is 1. The number of anilines is 1. The second-order valence-electron chi connectivity index (χ2n) is 7.95. The summed E-state index contributed by atoms with van der Waals surface area (Å²) >= 11 is 0. The minimum absolute atomic E-state index is 0.151. The molecule has 1 aromatic heterocycles. The zero-order chi connectivity index (χ0) is 25.2. The van der Waals surface area contributed by atoms with E-state index in [9.17, 15) is 14.4 Å². The van der Waals surface area contributed by atoms with Crippen molar-refractivity contribution in [2.45, 2.75) is 25.6 Å². The highest BCUT2D eigenvalue weighted by Crippen LogP contribution is 2.22. The molecule has 7 N–H and O–H groups in total. The smallest absolute Gasteiger partial charge is 0.267 e. The molecule has 2 atom stereocenters. The van der Waals surface area contributed by atoms with Crippen molar-refractivity contribution in [3.63, 3.8) is 0 Å². The predicted molar refractivity (Wildman–Crippen MR) is 131 cm³/mol. The van der Waals surface area contributed by atoms with E-state index < -0.39 is 23.9 Å². The fraction of sp³-hybridized carbons (Fsp3) is 0.200. The van der Waals surface area contributed by atoms with Gasteiger partial charge in [0.05, 0.1) is 6.54 Å². The molecular weight excluding hydrogens is 448 g/mol. The summed E-state index contributed by atoms with van der Waals surface area (Å²) in [7, 11) is 0. The molecule has 0 aliphatic heterocycles. The standard InChI is InChI=1S/C25H28N6O4/c1-16(26)23(25(34)31-35)30-24(33)20-4-2-18(3-5-20)19-6-8-21(9-7-19)29-22(32)15-28-14-17-10-12-27-13-11-17/h2-13,16,23,28,35H,14-15,26H2,1H3,(H,29,32)(H,30,33)(H,31,34)/t16-,23+/m1/s1. The van der Waals surface area contributed by atoms with Crippen LogP contribution in [-0.2, 0) is 16.1 Å². The van der Waals surface area contributed by atoms with Crippen LogP contribution < -0.4 is 27.2 Å². The quantitative estimate of drug-likeness (QED) is 0.191. The Morgan fingerprint density at radius 1 is 0.943 bits per heavy atom. The fourth-order valence-electron chi connectivity index (χ4n) is 3.32. The van der Waals surface area contributed by atoms with E-state index in [1.54, 1.807) is 55.7 Å².